The van der Waals surface area contributed by atoms with E-state index in [4.69, 9.17) is 5.11 Å². The number of urea groups is 1. The third-order valence-corrected chi connectivity index (χ3v) is 3.13. The maximum atomic E-state index is 11.8. The molecule has 0 radical (unpaired) electrons. The summed E-state index contributed by atoms with van der Waals surface area (Å²) in [6.07, 6.45) is 0.468. The molecule has 6 nitrogen and oxygen atoms in total. The average molecular weight is 293 g/mol. The van der Waals surface area contributed by atoms with Gasteiger partial charge in [0.25, 0.3) is 0 Å². The standard InChI is InChI=1S/C15H23N3O3/c1-10-8-12(18(3)4)9-11(2)14(10)17-15(21)16-7-5-6-13(19)20/h8-9H,5-7H2,1-4H3,(H,19,20)(H2,16,17,21). The minimum atomic E-state index is -0.858. The number of hydrogen-bond donors (Lipinski definition) is 3. The van der Waals surface area contributed by atoms with Crippen molar-refractivity contribution in [1.82, 2.24) is 5.32 Å². The number of carboxylic acids is 1. The van der Waals surface area contributed by atoms with Crippen molar-refractivity contribution in [2.75, 3.05) is 30.9 Å². The number of amides is 2. The number of carbonyl (C=O) groups excluding carboxylic acids is 1. The first-order valence-corrected chi connectivity index (χ1v) is 6.86. The third-order valence-electron chi connectivity index (χ3n) is 3.13. The highest BCUT2D eigenvalue weighted by Gasteiger charge is 2.09. The molecule has 21 heavy (non-hydrogen) atoms. The summed E-state index contributed by atoms with van der Waals surface area (Å²) >= 11 is 0. The van der Waals surface area contributed by atoms with Gasteiger partial charge in [-0.2, -0.15) is 0 Å². The second kappa shape index (κ2) is 7.52. The molecule has 0 saturated heterocycles. The molecule has 0 aromatic heterocycles. The third kappa shape index (κ3) is 5.33. The lowest BCUT2D eigenvalue weighted by molar-refractivity contribution is -0.137. The van der Waals surface area contributed by atoms with Gasteiger partial charge in [-0.3, -0.25) is 4.79 Å². The Bertz CT molecular complexity index is 504. The van der Waals surface area contributed by atoms with Gasteiger partial charge in [-0.25, -0.2) is 4.79 Å². The van der Waals surface area contributed by atoms with Crippen LogP contribution in [0, 0.1) is 13.8 Å². The molecule has 1 rings (SSSR count). The summed E-state index contributed by atoms with van der Waals surface area (Å²) in [5.41, 5.74) is 3.84. The fourth-order valence-electron chi connectivity index (χ4n) is 2.00. The van der Waals surface area contributed by atoms with E-state index in [0.717, 1.165) is 22.5 Å². The van der Waals surface area contributed by atoms with Gasteiger partial charge in [-0.05, 0) is 43.5 Å². The summed E-state index contributed by atoms with van der Waals surface area (Å²) in [4.78, 5) is 24.2. The number of aryl methyl sites for hydroxylation is 2. The van der Waals surface area contributed by atoms with Gasteiger partial charge in [-0.15, -0.1) is 0 Å². The topological polar surface area (TPSA) is 81.7 Å². The van der Waals surface area contributed by atoms with Crippen molar-refractivity contribution < 1.29 is 14.7 Å². The molecule has 0 aliphatic carbocycles. The number of aliphatic carboxylic acids is 1. The number of benzene rings is 1. The van der Waals surface area contributed by atoms with Crippen molar-refractivity contribution in [2.24, 2.45) is 0 Å². The molecular weight excluding hydrogens is 270 g/mol. The Morgan fingerprint density at radius 3 is 2.24 bits per heavy atom. The average Bonchev–Trinajstić information content (AvgIpc) is 2.38. The van der Waals surface area contributed by atoms with E-state index in [1.165, 1.54) is 0 Å². The molecule has 0 fully saturated rings. The minimum absolute atomic E-state index is 0.0515. The van der Waals surface area contributed by atoms with Gasteiger partial charge < -0.3 is 20.6 Å². The van der Waals surface area contributed by atoms with E-state index in [1.54, 1.807) is 0 Å². The first kappa shape index (κ1) is 16.8. The van der Waals surface area contributed by atoms with Gasteiger partial charge in [0.15, 0.2) is 0 Å². The van der Waals surface area contributed by atoms with Gasteiger partial charge in [-0.1, -0.05) is 0 Å². The quantitative estimate of drug-likeness (QED) is 0.703. The fraction of sp³-hybridized carbons (Fsp3) is 0.467. The van der Waals surface area contributed by atoms with E-state index in [-0.39, 0.29) is 12.5 Å². The summed E-state index contributed by atoms with van der Waals surface area (Å²) in [7, 11) is 3.94. The molecule has 6 heteroatoms. The van der Waals surface area contributed by atoms with Crippen LogP contribution in [-0.4, -0.2) is 37.7 Å². The van der Waals surface area contributed by atoms with Gasteiger partial charge in [0.2, 0.25) is 0 Å². The fourth-order valence-corrected chi connectivity index (χ4v) is 2.00. The number of rotatable bonds is 6. The highest BCUT2D eigenvalue weighted by molar-refractivity contribution is 5.91. The maximum absolute atomic E-state index is 11.8. The van der Waals surface area contributed by atoms with Crippen molar-refractivity contribution in [2.45, 2.75) is 26.7 Å². The summed E-state index contributed by atoms with van der Waals surface area (Å²) in [6.45, 7) is 4.23. The molecule has 0 atom stereocenters. The number of carbonyl (C=O) groups is 2. The molecule has 3 N–H and O–H groups in total. The molecule has 116 valence electrons. The second-order valence-corrected chi connectivity index (χ2v) is 5.23. The normalized spacial score (nSPS) is 10.1. The Morgan fingerprint density at radius 1 is 1.19 bits per heavy atom. The number of hydrogen-bond acceptors (Lipinski definition) is 3. The van der Waals surface area contributed by atoms with Crippen LogP contribution < -0.4 is 15.5 Å². The van der Waals surface area contributed by atoms with Crippen LogP contribution in [0.1, 0.15) is 24.0 Å². The predicted molar refractivity (Wildman–Crippen MR) is 84.1 cm³/mol. The SMILES string of the molecule is Cc1cc(N(C)C)cc(C)c1NC(=O)NCCCC(=O)O. The second-order valence-electron chi connectivity index (χ2n) is 5.23. The number of nitrogens with one attached hydrogen (secondary N) is 2. The molecule has 1 aromatic rings. The van der Waals surface area contributed by atoms with E-state index in [9.17, 15) is 9.59 Å². The predicted octanol–water partition coefficient (Wildman–Crippen LogP) is 2.36. The van der Waals surface area contributed by atoms with Crippen LogP contribution in [0.25, 0.3) is 0 Å². The van der Waals surface area contributed by atoms with Crippen LogP contribution in [0.2, 0.25) is 0 Å². The summed E-state index contributed by atoms with van der Waals surface area (Å²) in [5, 5.41) is 14.0. The minimum Gasteiger partial charge on any atom is -0.481 e. The first-order chi connectivity index (χ1) is 9.81. The Labute approximate surface area is 125 Å². The number of anilines is 2. The Balaban J connectivity index is 2.62. The van der Waals surface area contributed by atoms with Crippen molar-refractivity contribution in [3.63, 3.8) is 0 Å². The van der Waals surface area contributed by atoms with E-state index < -0.39 is 5.97 Å². The van der Waals surface area contributed by atoms with Crippen molar-refractivity contribution in [3.8, 4) is 0 Å². The van der Waals surface area contributed by atoms with Crippen LogP contribution in [0.5, 0.6) is 0 Å². The van der Waals surface area contributed by atoms with Gasteiger partial charge in [0.1, 0.15) is 0 Å². The summed E-state index contributed by atoms with van der Waals surface area (Å²) in [6, 6.07) is 3.70. The van der Waals surface area contributed by atoms with Gasteiger partial charge in [0, 0.05) is 38.4 Å². The van der Waals surface area contributed by atoms with Gasteiger partial charge in [0.05, 0.1) is 0 Å². The lowest BCUT2D eigenvalue weighted by atomic mass is 10.1. The van der Waals surface area contributed by atoms with Crippen molar-refractivity contribution >= 4 is 23.4 Å². The van der Waals surface area contributed by atoms with Crippen LogP contribution in [0.3, 0.4) is 0 Å². The Hall–Kier alpha value is -2.24. The zero-order valence-corrected chi connectivity index (χ0v) is 13.0. The molecular formula is C15H23N3O3. The van der Waals surface area contributed by atoms with E-state index in [0.29, 0.717) is 13.0 Å². The molecule has 0 aliphatic heterocycles. The molecule has 0 heterocycles. The zero-order valence-electron chi connectivity index (χ0n) is 13.0. The van der Waals surface area contributed by atoms with Crippen LogP contribution >= 0.6 is 0 Å². The molecule has 0 spiro atoms. The molecule has 0 bridgehead atoms. The maximum Gasteiger partial charge on any atom is 0.319 e. The lowest BCUT2D eigenvalue weighted by Crippen LogP contribution is -2.30. The monoisotopic (exact) mass is 293 g/mol. The molecule has 0 saturated carbocycles. The zero-order chi connectivity index (χ0) is 16.0. The highest BCUT2D eigenvalue weighted by Crippen LogP contribution is 2.26. The largest absolute Gasteiger partial charge is 0.481 e. The van der Waals surface area contributed by atoms with Crippen molar-refractivity contribution in [3.05, 3.63) is 23.3 Å². The van der Waals surface area contributed by atoms with Crippen molar-refractivity contribution in [1.29, 1.82) is 0 Å². The van der Waals surface area contributed by atoms with Crippen LogP contribution in [-0.2, 0) is 4.79 Å². The van der Waals surface area contributed by atoms with Gasteiger partial charge >= 0.3 is 12.0 Å². The molecule has 0 aliphatic rings. The first-order valence-electron chi connectivity index (χ1n) is 6.86. The highest BCUT2D eigenvalue weighted by atomic mass is 16.4. The van der Waals surface area contributed by atoms with E-state index in [1.807, 2.05) is 45.0 Å². The van der Waals surface area contributed by atoms with E-state index >= 15 is 0 Å². The molecule has 2 amide bonds. The van der Waals surface area contributed by atoms with Crippen LogP contribution in [0.15, 0.2) is 12.1 Å². The Kier molecular flexibility index (Phi) is 6.02. The van der Waals surface area contributed by atoms with E-state index in [2.05, 4.69) is 10.6 Å². The molecule has 1 aromatic carbocycles. The van der Waals surface area contributed by atoms with Crippen LogP contribution in [0.4, 0.5) is 16.2 Å². The Morgan fingerprint density at radius 2 is 1.76 bits per heavy atom. The molecule has 0 unspecified atom stereocenters. The lowest BCUT2D eigenvalue weighted by Gasteiger charge is -2.18. The number of carboxylic acid groups (broad SMARTS) is 1. The summed E-state index contributed by atoms with van der Waals surface area (Å²) < 4.78 is 0. The number of nitrogens with zero attached hydrogens (tertiary/aromatic N) is 1. The summed E-state index contributed by atoms with van der Waals surface area (Å²) in [5.74, 6) is -0.858. The smallest absolute Gasteiger partial charge is 0.319 e.